The standard InChI is InChI=1S/C9H9F3N6O2/c1-4-13-14-5(17(4)2)3-18-7(9(10,11)12)6(8(19)20)15-16-18/h3H2,1-2H3,(H,19,20). The van der Waals surface area contributed by atoms with Gasteiger partial charge in [0.05, 0.1) is 0 Å². The van der Waals surface area contributed by atoms with Gasteiger partial charge in [-0.15, -0.1) is 15.3 Å². The molecule has 0 aliphatic heterocycles. The van der Waals surface area contributed by atoms with Gasteiger partial charge < -0.3 is 9.67 Å². The zero-order valence-corrected chi connectivity index (χ0v) is 10.4. The number of halogens is 3. The summed E-state index contributed by atoms with van der Waals surface area (Å²) >= 11 is 0. The Morgan fingerprint density at radius 3 is 2.40 bits per heavy atom. The second-order valence-corrected chi connectivity index (χ2v) is 3.97. The lowest BCUT2D eigenvalue weighted by Crippen LogP contribution is -2.20. The summed E-state index contributed by atoms with van der Waals surface area (Å²) in [6.07, 6.45) is -4.88. The summed E-state index contributed by atoms with van der Waals surface area (Å²) in [6, 6.07) is 0. The topological polar surface area (TPSA) is 98.7 Å². The highest BCUT2D eigenvalue weighted by Gasteiger charge is 2.41. The van der Waals surface area contributed by atoms with Crippen LogP contribution in [-0.2, 0) is 19.8 Å². The molecule has 0 saturated carbocycles. The lowest BCUT2D eigenvalue weighted by Gasteiger charge is -2.09. The Labute approximate surface area is 109 Å². The summed E-state index contributed by atoms with van der Waals surface area (Å²) < 4.78 is 40.6. The number of aryl methyl sites for hydroxylation is 1. The molecule has 0 unspecified atom stereocenters. The monoisotopic (exact) mass is 290 g/mol. The van der Waals surface area contributed by atoms with Gasteiger partial charge in [0.15, 0.2) is 11.5 Å². The number of carboxylic acids is 1. The summed E-state index contributed by atoms with van der Waals surface area (Å²) in [5, 5.41) is 22.4. The molecule has 0 fully saturated rings. The van der Waals surface area contributed by atoms with Crippen LogP contribution in [-0.4, -0.2) is 40.8 Å². The van der Waals surface area contributed by atoms with E-state index in [0.717, 1.165) is 0 Å². The third-order valence-electron chi connectivity index (χ3n) is 2.68. The van der Waals surface area contributed by atoms with Crippen LogP contribution in [0.2, 0.25) is 0 Å². The number of aromatic carboxylic acids is 1. The van der Waals surface area contributed by atoms with Gasteiger partial charge in [-0.05, 0) is 6.92 Å². The van der Waals surface area contributed by atoms with Crippen molar-refractivity contribution in [3.05, 3.63) is 23.0 Å². The van der Waals surface area contributed by atoms with Crippen LogP contribution in [0.1, 0.15) is 27.8 Å². The van der Waals surface area contributed by atoms with E-state index in [4.69, 9.17) is 5.11 Å². The van der Waals surface area contributed by atoms with E-state index < -0.39 is 23.5 Å². The molecule has 20 heavy (non-hydrogen) atoms. The number of carbonyl (C=O) groups is 1. The van der Waals surface area contributed by atoms with Crippen LogP contribution in [0.15, 0.2) is 0 Å². The molecule has 8 nitrogen and oxygen atoms in total. The Morgan fingerprint density at radius 2 is 1.95 bits per heavy atom. The fourth-order valence-electron chi connectivity index (χ4n) is 1.57. The molecule has 2 rings (SSSR count). The molecule has 2 aromatic heterocycles. The van der Waals surface area contributed by atoms with E-state index in [9.17, 15) is 18.0 Å². The summed E-state index contributed by atoms with van der Waals surface area (Å²) in [4.78, 5) is 10.8. The molecular formula is C9H9F3N6O2. The van der Waals surface area contributed by atoms with E-state index in [-0.39, 0.29) is 12.4 Å². The van der Waals surface area contributed by atoms with Crippen molar-refractivity contribution in [2.24, 2.45) is 7.05 Å². The molecule has 0 aliphatic carbocycles. The maximum atomic E-state index is 12.9. The maximum absolute atomic E-state index is 12.9. The molecule has 108 valence electrons. The molecule has 0 bridgehead atoms. The van der Waals surface area contributed by atoms with Crippen LogP contribution in [0.5, 0.6) is 0 Å². The van der Waals surface area contributed by atoms with Crippen molar-refractivity contribution in [3.63, 3.8) is 0 Å². The van der Waals surface area contributed by atoms with E-state index in [2.05, 4.69) is 20.5 Å². The Morgan fingerprint density at radius 1 is 1.30 bits per heavy atom. The molecule has 0 atom stereocenters. The van der Waals surface area contributed by atoms with E-state index in [1.54, 1.807) is 14.0 Å². The molecule has 1 N–H and O–H groups in total. The number of rotatable bonds is 3. The average molecular weight is 290 g/mol. The summed E-state index contributed by atoms with van der Waals surface area (Å²) in [5.41, 5.74) is -2.57. The van der Waals surface area contributed by atoms with E-state index in [1.165, 1.54) is 4.57 Å². The van der Waals surface area contributed by atoms with Gasteiger partial charge in [-0.25, -0.2) is 9.48 Å². The van der Waals surface area contributed by atoms with Crippen LogP contribution in [0.25, 0.3) is 0 Å². The number of alkyl halides is 3. The van der Waals surface area contributed by atoms with Crippen molar-refractivity contribution in [2.75, 3.05) is 0 Å². The van der Waals surface area contributed by atoms with Gasteiger partial charge in [-0.1, -0.05) is 5.21 Å². The van der Waals surface area contributed by atoms with Gasteiger partial charge in [0.1, 0.15) is 12.4 Å². The summed E-state index contributed by atoms with van der Waals surface area (Å²) in [7, 11) is 1.58. The van der Waals surface area contributed by atoms with Crippen molar-refractivity contribution in [1.82, 2.24) is 29.8 Å². The van der Waals surface area contributed by atoms with E-state index in [1.807, 2.05) is 0 Å². The predicted octanol–water partition coefficient (Wildman–Crippen LogP) is 0.480. The molecule has 0 radical (unpaired) electrons. The first-order chi connectivity index (χ1) is 9.21. The van der Waals surface area contributed by atoms with Crippen molar-refractivity contribution in [2.45, 2.75) is 19.6 Å². The quantitative estimate of drug-likeness (QED) is 0.882. The fourth-order valence-corrected chi connectivity index (χ4v) is 1.57. The number of aromatic nitrogens is 6. The van der Waals surface area contributed by atoms with Crippen molar-refractivity contribution in [1.29, 1.82) is 0 Å². The number of hydrogen-bond donors (Lipinski definition) is 1. The summed E-state index contributed by atoms with van der Waals surface area (Å²) in [6.45, 7) is 1.25. The van der Waals surface area contributed by atoms with Gasteiger partial charge in [-0.3, -0.25) is 0 Å². The van der Waals surface area contributed by atoms with Gasteiger partial charge in [0.25, 0.3) is 0 Å². The highest BCUT2D eigenvalue weighted by atomic mass is 19.4. The molecule has 2 aromatic rings. The molecular weight excluding hydrogens is 281 g/mol. The first-order valence-corrected chi connectivity index (χ1v) is 5.30. The second kappa shape index (κ2) is 4.58. The number of carboxylic acid groups (broad SMARTS) is 1. The van der Waals surface area contributed by atoms with E-state index >= 15 is 0 Å². The predicted molar refractivity (Wildman–Crippen MR) is 56.8 cm³/mol. The Kier molecular flexibility index (Phi) is 3.19. The average Bonchev–Trinajstić information content (AvgIpc) is 2.87. The highest BCUT2D eigenvalue weighted by molar-refractivity contribution is 5.86. The molecule has 0 amide bonds. The fraction of sp³-hybridized carbons (Fsp3) is 0.444. The van der Waals surface area contributed by atoms with Gasteiger partial charge in [0.2, 0.25) is 5.69 Å². The van der Waals surface area contributed by atoms with Crippen molar-refractivity contribution >= 4 is 5.97 Å². The molecule has 2 heterocycles. The number of nitrogens with zero attached hydrogens (tertiary/aromatic N) is 6. The third kappa shape index (κ3) is 2.33. The summed E-state index contributed by atoms with van der Waals surface area (Å²) in [5.74, 6) is -1.08. The largest absolute Gasteiger partial charge is 0.476 e. The molecule has 0 aromatic carbocycles. The van der Waals surface area contributed by atoms with Gasteiger partial charge >= 0.3 is 12.1 Å². The lowest BCUT2D eigenvalue weighted by atomic mass is 10.3. The van der Waals surface area contributed by atoms with Crippen LogP contribution < -0.4 is 0 Å². The minimum Gasteiger partial charge on any atom is -0.476 e. The van der Waals surface area contributed by atoms with Crippen LogP contribution >= 0.6 is 0 Å². The minimum atomic E-state index is -4.88. The zero-order valence-electron chi connectivity index (χ0n) is 10.4. The molecule has 0 saturated heterocycles. The van der Waals surface area contributed by atoms with Gasteiger partial charge in [0, 0.05) is 7.05 Å². The minimum absolute atomic E-state index is 0.204. The van der Waals surface area contributed by atoms with Crippen LogP contribution in [0.4, 0.5) is 13.2 Å². The van der Waals surface area contributed by atoms with Crippen molar-refractivity contribution < 1.29 is 23.1 Å². The van der Waals surface area contributed by atoms with Crippen molar-refractivity contribution in [3.8, 4) is 0 Å². The normalized spacial score (nSPS) is 11.8. The second-order valence-electron chi connectivity index (χ2n) is 3.97. The smallest absolute Gasteiger partial charge is 0.435 e. The zero-order chi connectivity index (χ0) is 15.1. The molecule has 0 aliphatic rings. The maximum Gasteiger partial charge on any atom is 0.435 e. The Hall–Kier alpha value is -2.46. The third-order valence-corrected chi connectivity index (χ3v) is 2.68. The first-order valence-electron chi connectivity index (χ1n) is 5.30. The Balaban J connectivity index is 2.48. The molecule has 11 heteroatoms. The molecule has 0 spiro atoms. The van der Waals surface area contributed by atoms with Crippen LogP contribution in [0.3, 0.4) is 0 Å². The highest BCUT2D eigenvalue weighted by Crippen LogP contribution is 2.31. The van der Waals surface area contributed by atoms with Gasteiger partial charge in [-0.2, -0.15) is 13.2 Å². The Bertz CT molecular complexity index is 659. The van der Waals surface area contributed by atoms with Crippen LogP contribution in [0, 0.1) is 6.92 Å². The number of hydrogen-bond acceptors (Lipinski definition) is 5. The first kappa shape index (κ1) is 14.0. The SMILES string of the molecule is Cc1nnc(Cn2nnc(C(=O)O)c2C(F)(F)F)n1C. The van der Waals surface area contributed by atoms with E-state index in [0.29, 0.717) is 10.5 Å². The lowest BCUT2D eigenvalue weighted by molar-refractivity contribution is -0.144.